The van der Waals surface area contributed by atoms with Crippen LogP contribution in [0.4, 0.5) is 10.5 Å². The average molecular weight is 487 g/mol. The van der Waals surface area contributed by atoms with Gasteiger partial charge in [0.25, 0.3) is 5.91 Å². The van der Waals surface area contributed by atoms with Crippen LogP contribution in [0.15, 0.2) is 36.5 Å². The van der Waals surface area contributed by atoms with Crippen molar-refractivity contribution < 1.29 is 24.2 Å². The number of likely N-dealkylation sites (tertiary alicyclic amines) is 1. The van der Waals surface area contributed by atoms with Crippen LogP contribution in [0.5, 0.6) is 5.75 Å². The summed E-state index contributed by atoms with van der Waals surface area (Å²) < 4.78 is 5.41. The first kappa shape index (κ1) is 23.8. The van der Waals surface area contributed by atoms with E-state index in [-0.39, 0.29) is 53.6 Å². The van der Waals surface area contributed by atoms with Crippen LogP contribution in [0.2, 0.25) is 5.02 Å². The number of nitrogens with one attached hydrogen (secondary N) is 2. The lowest BCUT2D eigenvalue weighted by atomic mass is 10.1. The maximum Gasteiger partial charge on any atom is 0.410 e. The second-order valence-electron chi connectivity index (χ2n) is 9.64. The molecule has 1 aromatic carbocycles. The van der Waals surface area contributed by atoms with Crippen molar-refractivity contribution in [2.45, 2.75) is 38.8 Å². The van der Waals surface area contributed by atoms with Gasteiger partial charge < -0.3 is 25.4 Å². The number of hydrogen-bond donors (Lipinski definition) is 3. The van der Waals surface area contributed by atoms with E-state index in [1.807, 2.05) is 20.8 Å². The van der Waals surface area contributed by atoms with Crippen LogP contribution in [0.3, 0.4) is 0 Å². The highest BCUT2D eigenvalue weighted by molar-refractivity contribution is 6.30. The standard InChI is InChI=1S/C24H27ClN4O5/c1-24(2,3)34-23(33)29-11-16-17(12-29)21(16)28-22(32)18-10-15(6-7-26-18)27-20(31)9-13-8-14(25)4-5-19(13)30/h4-8,10,16-17,21,30H,9,11-12H2,1-3H3,(H,28,32)(H,26,27,31)/t16-,17+,21?. The van der Waals surface area contributed by atoms with Gasteiger partial charge in [0.1, 0.15) is 17.0 Å². The summed E-state index contributed by atoms with van der Waals surface area (Å²) in [6, 6.07) is 7.55. The monoisotopic (exact) mass is 486 g/mol. The fourth-order valence-electron chi connectivity index (χ4n) is 4.15. The van der Waals surface area contributed by atoms with Gasteiger partial charge in [0.05, 0.1) is 6.42 Å². The number of fused-ring (bicyclic) bond motifs is 1. The predicted molar refractivity (Wildman–Crippen MR) is 126 cm³/mol. The van der Waals surface area contributed by atoms with Crippen LogP contribution in [-0.4, -0.2) is 57.6 Å². The zero-order chi connectivity index (χ0) is 24.6. The normalized spacial score (nSPS) is 20.9. The molecule has 3 amide bonds. The fraction of sp³-hybridized carbons (Fsp3) is 0.417. The number of ether oxygens (including phenoxy) is 1. The minimum atomic E-state index is -0.544. The topological polar surface area (TPSA) is 121 Å². The number of hydrogen-bond acceptors (Lipinski definition) is 6. The summed E-state index contributed by atoms with van der Waals surface area (Å²) in [6.07, 6.45) is 1.04. The molecular formula is C24H27ClN4O5. The highest BCUT2D eigenvalue weighted by atomic mass is 35.5. The summed E-state index contributed by atoms with van der Waals surface area (Å²) in [7, 11) is 0. The minimum Gasteiger partial charge on any atom is -0.508 e. The van der Waals surface area contributed by atoms with E-state index in [1.165, 1.54) is 30.5 Å². The summed E-state index contributed by atoms with van der Waals surface area (Å²) in [4.78, 5) is 43.1. The molecule has 34 heavy (non-hydrogen) atoms. The summed E-state index contributed by atoms with van der Waals surface area (Å²) in [6.45, 7) is 6.58. The van der Waals surface area contributed by atoms with Crippen molar-refractivity contribution in [2.75, 3.05) is 18.4 Å². The van der Waals surface area contributed by atoms with E-state index in [1.54, 1.807) is 11.0 Å². The average Bonchev–Trinajstić information content (AvgIpc) is 3.16. The number of phenols is 1. The van der Waals surface area contributed by atoms with E-state index < -0.39 is 5.60 Å². The molecule has 3 N–H and O–H groups in total. The van der Waals surface area contributed by atoms with Gasteiger partial charge in [-0.15, -0.1) is 0 Å². The number of aromatic nitrogens is 1. The van der Waals surface area contributed by atoms with Gasteiger partial charge in [-0.25, -0.2) is 4.79 Å². The second-order valence-corrected chi connectivity index (χ2v) is 10.1. The maximum absolute atomic E-state index is 12.7. The van der Waals surface area contributed by atoms with E-state index in [9.17, 15) is 19.5 Å². The van der Waals surface area contributed by atoms with Crippen molar-refractivity contribution in [3.8, 4) is 5.75 Å². The van der Waals surface area contributed by atoms with Gasteiger partial charge in [0, 0.05) is 53.4 Å². The SMILES string of the molecule is CC(C)(C)OC(=O)N1C[C@@H]2C(NC(=O)c3cc(NC(=O)Cc4cc(Cl)ccc4O)ccn3)[C@@H]2C1. The summed E-state index contributed by atoms with van der Waals surface area (Å²) in [5, 5.41) is 16.0. The first-order valence-electron chi connectivity index (χ1n) is 11.0. The first-order valence-corrected chi connectivity index (χ1v) is 11.4. The maximum atomic E-state index is 12.7. The number of benzene rings is 1. The first-order chi connectivity index (χ1) is 16.0. The number of nitrogens with zero attached hydrogens (tertiary/aromatic N) is 2. The quantitative estimate of drug-likeness (QED) is 0.596. The molecule has 2 aliphatic rings. The number of aromatic hydroxyl groups is 1. The molecule has 1 saturated carbocycles. The summed E-state index contributed by atoms with van der Waals surface area (Å²) in [5.41, 5.74) is 0.451. The van der Waals surface area contributed by atoms with E-state index in [0.29, 0.717) is 29.4 Å². The molecule has 0 radical (unpaired) electrons. The van der Waals surface area contributed by atoms with Gasteiger partial charge >= 0.3 is 6.09 Å². The molecule has 1 aromatic heterocycles. The van der Waals surface area contributed by atoms with Gasteiger partial charge in [0.15, 0.2) is 0 Å². The summed E-state index contributed by atoms with van der Waals surface area (Å²) >= 11 is 5.93. The number of carbonyl (C=O) groups is 3. The van der Waals surface area contributed by atoms with Gasteiger partial charge in [-0.2, -0.15) is 0 Å². The number of pyridine rings is 1. The van der Waals surface area contributed by atoms with Gasteiger partial charge in [-0.05, 0) is 51.1 Å². The Morgan fingerprint density at radius 1 is 1.18 bits per heavy atom. The Balaban J connectivity index is 1.29. The Morgan fingerprint density at radius 2 is 1.88 bits per heavy atom. The molecule has 10 heteroatoms. The second kappa shape index (κ2) is 9.13. The van der Waals surface area contributed by atoms with Crippen molar-refractivity contribution >= 4 is 35.2 Å². The van der Waals surface area contributed by atoms with Crippen LogP contribution in [0.1, 0.15) is 36.8 Å². The van der Waals surface area contributed by atoms with Crippen LogP contribution in [-0.2, 0) is 16.0 Å². The molecular weight excluding hydrogens is 460 g/mol. The van der Waals surface area contributed by atoms with Crippen molar-refractivity contribution in [2.24, 2.45) is 11.8 Å². The Morgan fingerprint density at radius 3 is 2.56 bits per heavy atom. The van der Waals surface area contributed by atoms with Crippen molar-refractivity contribution in [3.63, 3.8) is 0 Å². The van der Waals surface area contributed by atoms with Crippen molar-refractivity contribution in [1.29, 1.82) is 0 Å². The molecule has 1 aliphatic carbocycles. The number of halogens is 1. The molecule has 2 heterocycles. The Kier molecular flexibility index (Phi) is 6.40. The van der Waals surface area contributed by atoms with E-state index in [0.717, 1.165) is 0 Å². The number of rotatable bonds is 5. The molecule has 2 aromatic rings. The molecule has 180 valence electrons. The number of phenolic OH excluding ortho intramolecular Hbond substituents is 1. The van der Waals surface area contributed by atoms with Crippen LogP contribution >= 0.6 is 11.6 Å². The molecule has 4 rings (SSSR count). The Bertz CT molecular complexity index is 1120. The number of piperidine rings is 1. The van der Waals surface area contributed by atoms with Crippen LogP contribution in [0.25, 0.3) is 0 Å². The zero-order valence-electron chi connectivity index (χ0n) is 19.2. The highest BCUT2D eigenvalue weighted by Gasteiger charge is 2.58. The van der Waals surface area contributed by atoms with Crippen LogP contribution < -0.4 is 10.6 Å². The largest absolute Gasteiger partial charge is 0.508 e. The van der Waals surface area contributed by atoms with Crippen molar-refractivity contribution in [3.05, 3.63) is 52.8 Å². The lowest BCUT2D eigenvalue weighted by Gasteiger charge is -2.26. The zero-order valence-corrected chi connectivity index (χ0v) is 19.9. The van der Waals surface area contributed by atoms with Crippen LogP contribution in [0, 0.1) is 11.8 Å². The van der Waals surface area contributed by atoms with Crippen molar-refractivity contribution in [1.82, 2.24) is 15.2 Å². The lowest BCUT2D eigenvalue weighted by molar-refractivity contribution is -0.115. The molecule has 2 fully saturated rings. The Hall–Kier alpha value is -3.33. The smallest absolute Gasteiger partial charge is 0.410 e. The fourth-order valence-corrected chi connectivity index (χ4v) is 4.34. The predicted octanol–water partition coefficient (Wildman–Crippen LogP) is 3.22. The van der Waals surface area contributed by atoms with E-state index >= 15 is 0 Å². The third kappa shape index (κ3) is 5.59. The molecule has 0 spiro atoms. The van der Waals surface area contributed by atoms with Gasteiger partial charge in [-0.1, -0.05) is 11.6 Å². The van der Waals surface area contributed by atoms with Gasteiger partial charge in [-0.3, -0.25) is 14.6 Å². The number of carbonyl (C=O) groups excluding carboxylic acids is 3. The summed E-state index contributed by atoms with van der Waals surface area (Å²) in [5.74, 6) is -0.329. The lowest BCUT2D eigenvalue weighted by Crippen LogP contribution is -2.40. The van der Waals surface area contributed by atoms with E-state index in [2.05, 4.69) is 15.6 Å². The third-order valence-corrected chi connectivity index (χ3v) is 6.05. The number of anilines is 1. The minimum absolute atomic E-state index is 0.0166. The molecule has 3 atom stereocenters. The molecule has 0 bridgehead atoms. The van der Waals surface area contributed by atoms with Gasteiger partial charge in [0.2, 0.25) is 5.91 Å². The molecule has 1 aliphatic heterocycles. The van der Waals surface area contributed by atoms with E-state index in [4.69, 9.17) is 16.3 Å². The third-order valence-electron chi connectivity index (χ3n) is 5.81. The number of amides is 3. The molecule has 1 saturated heterocycles. The Labute approximate surface area is 202 Å². The molecule has 9 nitrogen and oxygen atoms in total. The molecule has 1 unspecified atom stereocenters. The highest BCUT2D eigenvalue weighted by Crippen LogP contribution is 2.45.